The molecule has 0 unspecified atom stereocenters. The quantitative estimate of drug-likeness (QED) is 0.151. The average molecular weight is 1080 g/mol. The highest BCUT2D eigenvalue weighted by Gasteiger charge is 2.25. The molecular weight excluding hydrogens is 1040 g/mol. The summed E-state index contributed by atoms with van der Waals surface area (Å²) in [5, 5.41) is 11.9. The van der Waals surface area contributed by atoms with Crippen LogP contribution in [-0.4, -0.2) is 39.9 Å². The van der Waals surface area contributed by atoms with Crippen LogP contribution in [-0.2, 0) is 0 Å². The van der Waals surface area contributed by atoms with Crippen molar-refractivity contribution >= 4 is 87.2 Å². The van der Waals surface area contributed by atoms with E-state index in [4.69, 9.17) is 48.9 Å². The van der Waals surface area contributed by atoms with E-state index in [-0.39, 0.29) is 0 Å². The molecule has 3 aromatic heterocycles. The Hall–Kier alpha value is -11.8. The first-order chi connectivity index (χ1) is 41.5. The van der Waals surface area contributed by atoms with E-state index in [1.165, 1.54) is 0 Å². The lowest BCUT2D eigenvalue weighted by atomic mass is 10.1. The maximum atomic E-state index is 6.61. The van der Waals surface area contributed by atoms with E-state index in [2.05, 4.69) is 82.8 Å². The predicted molar refractivity (Wildman–Crippen MR) is 332 cm³/mol. The van der Waals surface area contributed by atoms with Gasteiger partial charge in [0.25, 0.3) is 0 Å². The molecule has 0 spiro atoms. The molecule has 0 fully saturated rings. The van der Waals surface area contributed by atoms with Gasteiger partial charge in [-0.2, -0.15) is 0 Å². The van der Waals surface area contributed by atoms with Crippen molar-refractivity contribution in [3.63, 3.8) is 0 Å². The van der Waals surface area contributed by atoms with Crippen LogP contribution in [0.15, 0.2) is 243 Å². The number of rotatable bonds is 8. The molecule has 0 saturated carbocycles. The number of fused-ring (bicyclic) bond motifs is 24. The molecular formula is C72H42N8O4. The van der Waals surface area contributed by atoms with Gasteiger partial charge in [0.2, 0.25) is 0 Å². The standard InChI is InChI=1S/C72H42N8O4/c1-5-13-45-33-49(21-17-41(45)9-1)81-53-25-29-57-61(37-53)69-73-65(57)78-70-63-39-55(83-51-23-19-43-11-3-7-15-47(43)35-51)27-31-59(63)67(75-70)80-72-64-40-56(84-52-24-20-44-12-4-8-16-48(44)36-52)28-32-60(64)68(76-72)79-71-62-38-54(26-30-58(62)66(74-71)77-69)82-50-22-18-42-10-2-6-14-46(42)34-50/h1-40H,(H2,73,74,75,76,77,78,79,80). The summed E-state index contributed by atoms with van der Waals surface area (Å²) in [6.45, 7) is 0. The molecule has 0 amide bonds. The van der Waals surface area contributed by atoms with Crippen LogP contribution in [0.4, 0.5) is 0 Å². The van der Waals surface area contributed by atoms with Crippen LogP contribution in [0.3, 0.4) is 0 Å². The molecule has 2 aliphatic heterocycles. The third kappa shape index (κ3) is 8.40. The summed E-state index contributed by atoms with van der Waals surface area (Å²) >= 11 is 0. The number of ether oxygens (including phenoxy) is 4. The fourth-order valence-corrected chi connectivity index (χ4v) is 11.4. The molecule has 0 aliphatic carbocycles. The van der Waals surface area contributed by atoms with Crippen LogP contribution < -0.4 is 18.9 Å². The zero-order valence-electron chi connectivity index (χ0n) is 44.4. The van der Waals surface area contributed by atoms with Crippen molar-refractivity contribution in [1.29, 1.82) is 0 Å². The number of aromatic amines is 2. The normalized spacial score (nSPS) is 11.8. The van der Waals surface area contributed by atoms with Crippen LogP contribution in [0.25, 0.3) is 133 Å². The van der Waals surface area contributed by atoms with Crippen molar-refractivity contribution in [3.05, 3.63) is 243 Å². The molecule has 0 atom stereocenters. The number of nitrogens with zero attached hydrogens (tertiary/aromatic N) is 6. The van der Waals surface area contributed by atoms with E-state index in [0.29, 0.717) is 91.9 Å². The highest BCUT2D eigenvalue weighted by atomic mass is 16.5. The minimum atomic E-state index is 0.421. The molecule has 15 aromatic rings. The van der Waals surface area contributed by atoms with Crippen LogP contribution in [0.5, 0.6) is 46.0 Å². The number of nitrogens with one attached hydrogen (secondary N) is 2. The molecule has 12 nitrogen and oxygen atoms in total. The van der Waals surface area contributed by atoms with Gasteiger partial charge in [0.15, 0.2) is 23.3 Å². The van der Waals surface area contributed by atoms with Crippen molar-refractivity contribution in [2.24, 2.45) is 0 Å². The fourth-order valence-electron chi connectivity index (χ4n) is 11.4. The van der Waals surface area contributed by atoms with Crippen molar-refractivity contribution in [3.8, 4) is 91.5 Å². The largest absolute Gasteiger partial charge is 0.457 e. The van der Waals surface area contributed by atoms with Gasteiger partial charge < -0.3 is 28.9 Å². The van der Waals surface area contributed by atoms with Gasteiger partial charge in [0.1, 0.15) is 68.6 Å². The van der Waals surface area contributed by atoms with E-state index in [9.17, 15) is 0 Å². The van der Waals surface area contributed by atoms with Gasteiger partial charge >= 0.3 is 0 Å². The Kier molecular flexibility index (Phi) is 10.6. The summed E-state index contributed by atoms with van der Waals surface area (Å²) in [5.41, 5.74) is 5.03. The third-order valence-corrected chi connectivity index (χ3v) is 15.5. The smallest absolute Gasteiger partial charge is 0.164 e. The molecule has 0 saturated heterocycles. The van der Waals surface area contributed by atoms with E-state index >= 15 is 0 Å². The van der Waals surface area contributed by atoms with E-state index < -0.39 is 0 Å². The monoisotopic (exact) mass is 1080 g/mol. The first-order valence-electron chi connectivity index (χ1n) is 27.5. The van der Waals surface area contributed by atoms with Gasteiger partial charge in [-0.15, -0.1) is 0 Å². The molecule has 5 heterocycles. The molecule has 12 heteroatoms. The van der Waals surface area contributed by atoms with Gasteiger partial charge in [-0.25, -0.2) is 29.9 Å². The Morgan fingerprint density at radius 2 is 0.464 bits per heavy atom. The minimum Gasteiger partial charge on any atom is -0.457 e. The van der Waals surface area contributed by atoms with Gasteiger partial charge in [0.05, 0.1) is 0 Å². The first-order valence-corrected chi connectivity index (χ1v) is 27.5. The lowest BCUT2D eigenvalue weighted by Crippen LogP contribution is -1.88. The number of hydrogen-bond donors (Lipinski definition) is 2. The highest BCUT2D eigenvalue weighted by Crippen LogP contribution is 2.42. The zero-order valence-corrected chi connectivity index (χ0v) is 44.4. The molecule has 0 radical (unpaired) electrons. The van der Waals surface area contributed by atoms with Crippen molar-refractivity contribution < 1.29 is 18.9 Å². The topological polar surface area (TPSA) is 146 Å². The molecule has 394 valence electrons. The SMILES string of the molecule is c1ccc2cc(Oc3ccc4c(c3)-c3nc-4nc4[nH]c(nc5nc(nc6[nH]c(n3)c3ccc(Oc7ccc8ccccc8c7)cc63)-c3ccc(Oc6ccc7ccccc7c6)cc3-5)c3ccc(Oc5ccc6ccccc6c5)cc43)ccc2c1. The first kappa shape index (κ1) is 47.1. The van der Waals surface area contributed by atoms with Gasteiger partial charge in [0, 0.05) is 43.8 Å². The molecule has 17 rings (SSSR count). The summed E-state index contributed by atoms with van der Waals surface area (Å²) in [5.74, 6) is 6.97. The highest BCUT2D eigenvalue weighted by molar-refractivity contribution is 6.07. The molecule has 12 aromatic carbocycles. The summed E-state index contributed by atoms with van der Waals surface area (Å²) in [7, 11) is 0. The fraction of sp³-hybridized carbons (Fsp3) is 0. The van der Waals surface area contributed by atoms with Gasteiger partial charge in [-0.1, -0.05) is 121 Å². The van der Waals surface area contributed by atoms with E-state index in [1.807, 2.05) is 170 Å². The second kappa shape index (κ2) is 18.9. The van der Waals surface area contributed by atoms with Crippen molar-refractivity contribution in [2.45, 2.75) is 0 Å². The maximum absolute atomic E-state index is 6.61. The van der Waals surface area contributed by atoms with Crippen LogP contribution in [0.2, 0.25) is 0 Å². The lowest BCUT2D eigenvalue weighted by Gasteiger charge is -2.09. The molecule has 2 N–H and O–H groups in total. The average Bonchev–Trinajstić information content (AvgIpc) is 4.37. The summed E-state index contributed by atoms with van der Waals surface area (Å²) in [6.07, 6.45) is 0. The molecule has 84 heavy (non-hydrogen) atoms. The summed E-state index contributed by atoms with van der Waals surface area (Å²) in [6, 6.07) is 80.8. The zero-order chi connectivity index (χ0) is 55.2. The number of aromatic nitrogens is 8. The Morgan fingerprint density at radius 3 is 0.810 bits per heavy atom. The second-order valence-electron chi connectivity index (χ2n) is 20.9. The lowest BCUT2D eigenvalue weighted by molar-refractivity contribution is 0.483. The summed E-state index contributed by atoms with van der Waals surface area (Å²) < 4.78 is 26.4. The van der Waals surface area contributed by atoms with Crippen molar-refractivity contribution in [2.75, 3.05) is 0 Å². The minimum absolute atomic E-state index is 0.421. The maximum Gasteiger partial charge on any atom is 0.164 e. The van der Waals surface area contributed by atoms with Crippen molar-refractivity contribution in [1.82, 2.24) is 39.9 Å². The van der Waals surface area contributed by atoms with Crippen LogP contribution in [0.1, 0.15) is 0 Å². The molecule has 8 bridgehead atoms. The predicted octanol–water partition coefficient (Wildman–Crippen LogP) is 18.7. The molecule has 2 aliphatic rings. The Labute approximate surface area is 477 Å². The number of hydrogen-bond acceptors (Lipinski definition) is 10. The van der Waals surface area contributed by atoms with Crippen LogP contribution >= 0.6 is 0 Å². The number of benzene rings is 12. The number of H-pyrrole nitrogens is 2. The van der Waals surface area contributed by atoms with E-state index in [0.717, 1.165) is 86.9 Å². The van der Waals surface area contributed by atoms with Gasteiger partial charge in [-0.05, 0) is 164 Å². The second-order valence-corrected chi connectivity index (χ2v) is 20.9. The van der Waals surface area contributed by atoms with E-state index in [1.54, 1.807) is 0 Å². The van der Waals surface area contributed by atoms with Gasteiger partial charge in [-0.3, -0.25) is 0 Å². The Balaban J connectivity index is 0.883. The third-order valence-electron chi connectivity index (χ3n) is 15.5. The Bertz CT molecular complexity index is 5110. The van der Waals surface area contributed by atoms with Crippen LogP contribution in [0, 0.1) is 0 Å². The Morgan fingerprint density at radius 1 is 0.202 bits per heavy atom. The summed E-state index contributed by atoms with van der Waals surface area (Å²) in [4.78, 5) is 39.2.